The highest BCUT2D eigenvalue weighted by atomic mass is 16.5. The van der Waals surface area contributed by atoms with Crippen LogP contribution in [-0.2, 0) is 22.6 Å². The molecule has 0 spiro atoms. The summed E-state index contributed by atoms with van der Waals surface area (Å²) in [6.45, 7) is 4.86. The van der Waals surface area contributed by atoms with Gasteiger partial charge in [-0.05, 0) is 30.6 Å². The molecule has 1 aromatic rings. The number of piperazine rings is 1. The summed E-state index contributed by atoms with van der Waals surface area (Å²) >= 11 is 0. The molecule has 148 valence electrons. The molecule has 2 saturated carbocycles. The third-order valence-electron chi connectivity index (χ3n) is 6.66. The number of carbonyl (C=O) groups excluding carboxylic acids is 1. The molecule has 2 amide bonds. The van der Waals surface area contributed by atoms with Gasteiger partial charge >= 0.3 is 6.03 Å². The number of amides is 2. The summed E-state index contributed by atoms with van der Waals surface area (Å²) in [5, 5.41) is 7.16. The monoisotopic (exact) mass is 377 g/mol. The number of nitrogens with zero attached hydrogens (tertiary/aromatic N) is 4. The first-order valence-corrected chi connectivity index (χ1v) is 9.91. The molecule has 0 radical (unpaired) electrons. The summed E-state index contributed by atoms with van der Waals surface area (Å²) in [5.41, 5.74) is 0. The van der Waals surface area contributed by atoms with E-state index in [1.807, 2.05) is 4.90 Å². The van der Waals surface area contributed by atoms with Crippen LogP contribution in [0.15, 0.2) is 4.52 Å². The van der Waals surface area contributed by atoms with E-state index in [-0.39, 0.29) is 18.2 Å². The fraction of sp³-hybridized carbons (Fsp3) is 0.833. The molecule has 1 aromatic heterocycles. The topological polar surface area (TPSA) is 93.0 Å². The van der Waals surface area contributed by atoms with E-state index in [0.717, 1.165) is 25.6 Å². The molecule has 5 unspecified atom stereocenters. The smallest absolute Gasteiger partial charge is 0.317 e. The van der Waals surface area contributed by atoms with Gasteiger partial charge in [-0.15, -0.1) is 0 Å². The molecule has 3 heterocycles. The van der Waals surface area contributed by atoms with E-state index in [2.05, 4.69) is 20.4 Å². The third kappa shape index (κ3) is 3.21. The lowest BCUT2D eigenvalue weighted by molar-refractivity contribution is 0.0726. The summed E-state index contributed by atoms with van der Waals surface area (Å²) in [5.74, 6) is 3.18. The SMILES string of the molecule is COCc1noc(CN2CCN(C(=O)NC3C4CC5COC3C5C4)CC2)n1. The molecule has 27 heavy (non-hydrogen) atoms. The zero-order chi connectivity index (χ0) is 18.4. The summed E-state index contributed by atoms with van der Waals surface area (Å²) in [4.78, 5) is 21.2. The number of methoxy groups -OCH3 is 1. The van der Waals surface area contributed by atoms with Crippen LogP contribution < -0.4 is 5.32 Å². The van der Waals surface area contributed by atoms with E-state index in [0.29, 0.717) is 49.8 Å². The van der Waals surface area contributed by atoms with E-state index in [1.165, 1.54) is 12.8 Å². The number of hydrogen-bond donors (Lipinski definition) is 1. The second-order valence-corrected chi connectivity index (χ2v) is 8.23. The highest BCUT2D eigenvalue weighted by Crippen LogP contribution is 2.53. The molecule has 5 atom stereocenters. The van der Waals surface area contributed by atoms with Crippen LogP contribution in [0.25, 0.3) is 0 Å². The van der Waals surface area contributed by atoms with Gasteiger partial charge in [0.1, 0.15) is 6.61 Å². The van der Waals surface area contributed by atoms with Crippen molar-refractivity contribution in [1.82, 2.24) is 25.3 Å². The second kappa shape index (κ2) is 7.03. The van der Waals surface area contributed by atoms with Crippen LogP contribution in [0, 0.1) is 17.8 Å². The largest absolute Gasteiger partial charge is 0.377 e. The maximum absolute atomic E-state index is 12.7. The summed E-state index contributed by atoms with van der Waals surface area (Å²) < 4.78 is 16.2. The van der Waals surface area contributed by atoms with Crippen LogP contribution in [-0.4, -0.2) is 78.0 Å². The number of hydrogen-bond acceptors (Lipinski definition) is 7. The number of carbonyl (C=O) groups is 1. The minimum Gasteiger partial charge on any atom is -0.377 e. The van der Waals surface area contributed by atoms with Gasteiger partial charge in [0.05, 0.1) is 25.3 Å². The van der Waals surface area contributed by atoms with Gasteiger partial charge in [-0.25, -0.2) is 4.79 Å². The van der Waals surface area contributed by atoms with E-state index in [1.54, 1.807) is 7.11 Å². The Morgan fingerprint density at radius 3 is 2.93 bits per heavy atom. The molecule has 9 nitrogen and oxygen atoms in total. The number of nitrogens with one attached hydrogen (secondary N) is 1. The molecule has 2 bridgehead atoms. The normalized spacial score (nSPS) is 35.1. The van der Waals surface area contributed by atoms with Gasteiger partial charge in [-0.3, -0.25) is 4.90 Å². The average Bonchev–Trinajstić information content (AvgIpc) is 3.39. The minimum absolute atomic E-state index is 0.0550. The minimum atomic E-state index is 0.0550. The van der Waals surface area contributed by atoms with Crippen molar-refractivity contribution in [2.75, 3.05) is 39.9 Å². The van der Waals surface area contributed by atoms with Crippen LogP contribution in [0.4, 0.5) is 4.79 Å². The van der Waals surface area contributed by atoms with Crippen molar-refractivity contribution < 1.29 is 18.8 Å². The fourth-order valence-corrected chi connectivity index (χ4v) is 5.36. The molecule has 4 aliphatic rings. The Morgan fingerprint density at radius 2 is 2.11 bits per heavy atom. The average molecular weight is 377 g/mol. The molecule has 5 rings (SSSR count). The number of rotatable bonds is 5. The predicted octanol–water partition coefficient (Wildman–Crippen LogP) is 0.467. The predicted molar refractivity (Wildman–Crippen MR) is 93.6 cm³/mol. The lowest BCUT2D eigenvalue weighted by atomic mass is 9.87. The van der Waals surface area contributed by atoms with Crippen LogP contribution >= 0.6 is 0 Å². The Balaban J connectivity index is 1.10. The fourth-order valence-electron chi connectivity index (χ4n) is 5.36. The molecule has 9 heteroatoms. The summed E-state index contributed by atoms with van der Waals surface area (Å²) in [6, 6.07) is 0.260. The van der Waals surface area contributed by atoms with Crippen LogP contribution in [0.3, 0.4) is 0 Å². The molecular weight excluding hydrogens is 350 g/mol. The van der Waals surface area contributed by atoms with Crippen molar-refractivity contribution in [3.63, 3.8) is 0 Å². The quantitative estimate of drug-likeness (QED) is 0.797. The summed E-state index contributed by atoms with van der Waals surface area (Å²) in [7, 11) is 1.61. The molecule has 1 N–H and O–H groups in total. The number of urea groups is 1. The first-order valence-electron chi connectivity index (χ1n) is 9.91. The van der Waals surface area contributed by atoms with Crippen molar-refractivity contribution in [1.29, 1.82) is 0 Å². The third-order valence-corrected chi connectivity index (χ3v) is 6.66. The molecular formula is C18H27N5O4. The maximum Gasteiger partial charge on any atom is 0.317 e. The second-order valence-electron chi connectivity index (χ2n) is 8.23. The molecule has 4 fully saturated rings. The van der Waals surface area contributed by atoms with Gasteiger partial charge in [-0.1, -0.05) is 5.16 Å². The first kappa shape index (κ1) is 17.4. The van der Waals surface area contributed by atoms with Crippen LogP contribution in [0.2, 0.25) is 0 Å². The molecule has 2 aliphatic carbocycles. The van der Waals surface area contributed by atoms with E-state index >= 15 is 0 Å². The standard InChI is InChI=1S/C18H27N5O4/c1-25-10-14-19-15(27-21-14)8-22-2-4-23(5-3-22)18(24)20-16-11-6-12-9-26-17(16)13(12)7-11/h11-13,16-17H,2-10H2,1H3,(H,20,24). The van der Waals surface area contributed by atoms with Crippen LogP contribution in [0.5, 0.6) is 0 Å². The highest BCUT2D eigenvalue weighted by molar-refractivity contribution is 5.75. The van der Waals surface area contributed by atoms with Gasteiger partial charge < -0.3 is 24.2 Å². The van der Waals surface area contributed by atoms with Gasteiger partial charge in [0.15, 0.2) is 5.82 Å². The number of fused-ring (bicyclic) bond motifs is 1. The van der Waals surface area contributed by atoms with Gasteiger partial charge in [-0.2, -0.15) is 4.98 Å². The van der Waals surface area contributed by atoms with Crippen molar-refractivity contribution in [2.24, 2.45) is 17.8 Å². The van der Waals surface area contributed by atoms with Gasteiger partial charge in [0.25, 0.3) is 0 Å². The molecule has 2 aliphatic heterocycles. The van der Waals surface area contributed by atoms with Crippen molar-refractivity contribution in [3.8, 4) is 0 Å². The van der Waals surface area contributed by atoms with E-state index in [4.69, 9.17) is 14.0 Å². The van der Waals surface area contributed by atoms with E-state index < -0.39 is 0 Å². The first-order chi connectivity index (χ1) is 13.2. The van der Waals surface area contributed by atoms with Crippen molar-refractivity contribution in [2.45, 2.75) is 38.1 Å². The zero-order valence-corrected chi connectivity index (χ0v) is 15.7. The van der Waals surface area contributed by atoms with Crippen LogP contribution in [0.1, 0.15) is 24.6 Å². The Hall–Kier alpha value is -1.71. The Bertz CT molecular complexity index is 687. The Kier molecular flexibility index (Phi) is 4.53. The highest BCUT2D eigenvalue weighted by Gasteiger charge is 2.57. The Labute approximate surface area is 158 Å². The van der Waals surface area contributed by atoms with Gasteiger partial charge in [0.2, 0.25) is 5.89 Å². The van der Waals surface area contributed by atoms with Crippen molar-refractivity contribution >= 4 is 6.03 Å². The number of ether oxygens (including phenoxy) is 2. The Morgan fingerprint density at radius 1 is 1.26 bits per heavy atom. The number of aromatic nitrogens is 2. The van der Waals surface area contributed by atoms with Gasteiger partial charge in [0, 0.05) is 33.3 Å². The zero-order valence-electron chi connectivity index (χ0n) is 15.7. The maximum atomic E-state index is 12.7. The molecule has 2 saturated heterocycles. The molecule has 0 aromatic carbocycles. The lowest BCUT2D eigenvalue weighted by Crippen LogP contribution is -2.56. The summed E-state index contributed by atoms with van der Waals surface area (Å²) in [6.07, 6.45) is 2.69. The van der Waals surface area contributed by atoms with Crippen molar-refractivity contribution in [3.05, 3.63) is 11.7 Å². The lowest BCUT2D eigenvalue weighted by Gasteiger charge is -2.36. The van der Waals surface area contributed by atoms with E-state index in [9.17, 15) is 4.79 Å².